The van der Waals surface area contributed by atoms with E-state index in [0.717, 1.165) is 6.07 Å². The summed E-state index contributed by atoms with van der Waals surface area (Å²) in [5, 5.41) is 8.66. The molecule has 0 bridgehead atoms. The van der Waals surface area contributed by atoms with Gasteiger partial charge in [-0.25, -0.2) is 9.18 Å². The molecule has 1 unspecified atom stereocenters. The fraction of sp³-hybridized carbons (Fsp3) is 0.364. The van der Waals surface area contributed by atoms with E-state index in [9.17, 15) is 9.18 Å². The number of hydrogen-bond acceptors (Lipinski definition) is 2. The minimum atomic E-state index is -1.29. The van der Waals surface area contributed by atoms with Crippen LogP contribution in [0.4, 0.5) is 4.39 Å². The molecule has 94 valence electrons. The van der Waals surface area contributed by atoms with Crippen molar-refractivity contribution in [3.05, 3.63) is 33.1 Å². The van der Waals surface area contributed by atoms with Gasteiger partial charge in [0.25, 0.3) is 0 Å². The van der Waals surface area contributed by atoms with Gasteiger partial charge in [0.15, 0.2) is 0 Å². The summed E-state index contributed by atoms with van der Waals surface area (Å²) in [7, 11) is 0. The average molecular weight is 280 g/mol. The molecule has 3 N–H and O–H groups in total. The second-order valence-electron chi connectivity index (χ2n) is 3.69. The fourth-order valence-electron chi connectivity index (χ4n) is 1.40. The highest BCUT2D eigenvalue weighted by atomic mass is 35.5. The number of carbonyl (C=O) groups is 1. The molecule has 3 nitrogen and oxygen atoms in total. The molecule has 0 saturated heterocycles. The first-order valence-corrected chi connectivity index (χ1v) is 5.79. The highest BCUT2D eigenvalue weighted by Crippen LogP contribution is 2.32. The van der Waals surface area contributed by atoms with E-state index in [1.54, 1.807) is 0 Å². The number of carboxylic acid groups (broad SMARTS) is 1. The molecular formula is C11H12Cl2FNO2. The SMILES string of the molecule is CCC(N)Cc1c(Cl)c(F)cc(C(=O)O)c1Cl. The van der Waals surface area contributed by atoms with Crippen LogP contribution in [0.3, 0.4) is 0 Å². The van der Waals surface area contributed by atoms with E-state index in [4.69, 9.17) is 34.0 Å². The number of rotatable bonds is 4. The number of carboxylic acids is 1. The lowest BCUT2D eigenvalue weighted by Gasteiger charge is -2.14. The maximum Gasteiger partial charge on any atom is 0.337 e. The molecule has 1 atom stereocenters. The lowest BCUT2D eigenvalue weighted by atomic mass is 10.0. The van der Waals surface area contributed by atoms with E-state index >= 15 is 0 Å². The molecule has 1 aromatic carbocycles. The summed E-state index contributed by atoms with van der Waals surface area (Å²) in [5.41, 5.74) is 5.68. The Hall–Kier alpha value is -0.840. The summed E-state index contributed by atoms with van der Waals surface area (Å²) in [6.07, 6.45) is 0.901. The van der Waals surface area contributed by atoms with Gasteiger partial charge in [-0.05, 0) is 24.5 Å². The van der Waals surface area contributed by atoms with Crippen LogP contribution in [0.2, 0.25) is 10.0 Å². The van der Waals surface area contributed by atoms with Gasteiger partial charge in [0.05, 0.1) is 15.6 Å². The molecular weight excluding hydrogens is 268 g/mol. The smallest absolute Gasteiger partial charge is 0.337 e. The van der Waals surface area contributed by atoms with Gasteiger partial charge < -0.3 is 10.8 Å². The first-order chi connectivity index (χ1) is 7.88. The molecule has 0 spiro atoms. The Kier molecular flexibility index (Phi) is 4.74. The van der Waals surface area contributed by atoms with Gasteiger partial charge in [0.2, 0.25) is 0 Å². The highest BCUT2D eigenvalue weighted by Gasteiger charge is 2.20. The highest BCUT2D eigenvalue weighted by molar-refractivity contribution is 6.38. The molecule has 17 heavy (non-hydrogen) atoms. The van der Waals surface area contributed by atoms with Crippen molar-refractivity contribution in [2.24, 2.45) is 5.73 Å². The van der Waals surface area contributed by atoms with E-state index in [2.05, 4.69) is 0 Å². The molecule has 0 saturated carbocycles. The van der Waals surface area contributed by atoms with Crippen molar-refractivity contribution in [2.75, 3.05) is 0 Å². The number of benzene rings is 1. The lowest BCUT2D eigenvalue weighted by Crippen LogP contribution is -2.22. The van der Waals surface area contributed by atoms with E-state index in [0.29, 0.717) is 6.42 Å². The van der Waals surface area contributed by atoms with Crippen molar-refractivity contribution < 1.29 is 14.3 Å². The third-order valence-corrected chi connectivity index (χ3v) is 3.31. The Morgan fingerprint density at radius 2 is 2.12 bits per heavy atom. The Labute approximate surface area is 108 Å². The monoisotopic (exact) mass is 279 g/mol. The second kappa shape index (κ2) is 5.67. The molecule has 0 aromatic heterocycles. The minimum absolute atomic E-state index is 0.0483. The van der Waals surface area contributed by atoms with Crippen LogP contribution in [0.1, 0.15) is 29.3 Å². The quantitative estimate of drug-likeness (QED) is 0.833. The zero-order valence-corrected chi connectivity index (χ0v) is 10.6. The summed E-state index contributed by atoms with van der Waals surface area (Å²) < 4.78 is 13.4. The standard InChI is InChI=1S/C11H12Cl2FNO2/c1-2-5(15)3-6-9(12)7(11(16)17)4-8(14)10(6)13/h4-5H,2-3,15H2,1H3,(H,16,17). The van der Waals surface area contributed by atoms with Gasteiger partial charge in [-0.2, -0.15) is 0 Å². The lowest BCUT2D eigenvalue weighted by molar-refractivity contribution is 0.0696. The van der Waals surface area contributed by atoms with Crippen LogP contribution in [-0.4, -0.2) is 17.1 Å². The van der Waals surface area contributed by atoms with Gasteiger partial charge in [0, 0.05) is 6.04 Å². The second-order valence-corrected chi connectivity index (χ2v) is 4.45. The number of nitrogens with two attached hydrogens (primary N) is 1. The summed E-state index contributed by atoms with van der Waals surface area (Å²) in [6, 6.07) is 0.571. The maximum absolute atomic E-state index is 13.4. The zero-order chi connectivity index (χ0) is 13.2. The first-order valence-electron chi connectivity index (χ1n) is 5.03. The molecule has 0 aliphatic carbocycles. The molecule has 0 radical (unpaired) electrons. The first kappa shape index (κ1) is 14.2. The molecule has 1 aromatic rings. The van der Waals surface area contributed by atoms with Gasteiger partial charge >= 0.3 is 5.97 Å². The van der Waals surface area contributed by atoms with Gasteiger partial charge in [-0.3, -0.25) is 0 Å². The van der Waals surface area contributed by atoms with Crippen LogP contribution in [-0.2, 0) is 6.42 Å². The zero-order valence-electron chi connectivity index (χ0n) is 9.14. The number of halogens is 3. The van der Waals surface area contributed by atoms with Gasteiger partial charge in [0.1, 0.15) is 5.82 Å². The molecule has 0 heterocycles. The van der Waals surface area contributed by atoms with E-state index in [-0.39, 0.29) is 33.6 Å². The summed E-state index contributed by atoms with van der Waals surface area (Å²) in [5.74, 6) is -2.09. The van der Waals surface area contributed by atoms with Crippen molar-refractivity contribution in [1.82, 2.24) is 0 Å². The minimum Gasteiger partial charge on any atom is -0.478 e. The van der Waals surface area contributed by atoms with Crippen LogP contribution in [0.5, 0.6) is 0 Å². The predicted octanol–water partition coefficient (Wildman–Crippen LogP) is 3.11. The van der Waals surface area contributed by atoms with Crippen molar-refractivity contribution >= 4 is 29.2 Å². The Bertz CT molecular complexity index is 452. The van der Waals surface area contributed by atoms with Crippen molar-refractivity contribution in [3.63, 3.8) is 0 Å². The Morgan fingerprint density at radius 1 is 1.53 bits per heavy atom. The fourth-order valence-corrected chi connectivity index (χ4v) is 1.98. The van der Waals surface area contributed by atoms with Gasteiger partial charge in [-0.15, -0.1) is 0 Å². The van der Waals surface area contributed by atoms with Crippen molar-refractivity contribution in [3.8, 4) is 0 Å². The number of aromatic carboxylic acids is 1. The average Bonchev–Trinajstić information content (AvgIpc) is 2.28. The van der Waals surface area contributed by atoms with Crippen LogP contribution in [0.15, 0.2) is 6.07 Å². The molecule has 0 aliphatic heterocycles. The molecule has 0 fully saturated rings. The topological polar surface area (TPSA) is 63.3 Å². The molecule has 0 amide bonds. The maximum atomic E-state index is 13.4. The third kappa shape index (κ3) is 3.09. The van der Waals surface area contributed by atoms with E-state index in [1.807, 2.05) is 6.92 Å². The normalized spacial score (nSPS) is 12.5. The Balaban J connectivity index is 3.31. The van der Waals surface area contributed by atoms with Crippen LogP contribution < -0.4 is 5.73 Å². The van der Waals surface area contributed by atoms with Crippen LogP contribution in [0, 0.1) is 5.82 Å². The van der Waals surface area contributed by atoms with E-state index in [1.165, 1.54) is 0 Å². The van der Waals surface area contributed by atoms with E-state index < -0.39 is 11.8 Å². The van der Waals surface area contributed by atoms with Crippen molar-refractivity contribution in [2.45, 2.75) is 25.8 Å². The summed E-state index contributed by atoms with van der Waals surface area (Å²) in [6.45, 7) is 1.86. The summed E-state index contributed by atoms with van der Waals surface area (Å²) >= 11 is 11.7. The predicted molar refractivity (Wildman–Crippen MR) is 65.3 cm³/mol. The third-order valence-electron chi connectivity index (χ3n) is 2.47. The van der Waals surface area contributed by atoms with Crippen molar-refractivity contribution in [1.29, 1.82) is 0 Å². The van der Waals surface area contributed by atoms with Crippen LogP contribution >= 0.6 is 23.2 Å². The van der Waals surface area contributed by atoms with Crippen LogP contribution in [0.25, 0.3) is 0 Å². The molecule has 6 heteroatoms. The summed E-state index contributed by atoms with van der Waals surface area (Å²) in [4.78, 5) is 10.9. The molecule has 0 aliphatic rings. The van der Waals surface area contributed by atoms with Gasteiger partial charge in [-0.1, -0.05) is 30.1 Å². The largest absolute Gasteiger partial charge is 0.478 e. The molecule has 1 rings (SSSR count). The Morgan fingerprint density at radius 3 is 2.59 bits per heavy atom. The number of hydrogen-bond donors (Lipinski definition) is 2.